The van der Waals surface area contributed by atoms with Gasteiger partial charge in [0.15, 0.2) is 0 Å². The van der Waals surface area contributed by atoms with Gasteiger partial charge in [-0.2, -0.15) is 13.2 Å². The Morgan fingerprint density at radius 1 is 1.09 bits per heavy atom. The fourth-order valence-corrected chi connectivity index (χ4v) is 2.64. The quantitative estimate of drug-likeness (QED) is 0.651. The summed E-state index contributed by atoms with van der Waals surface area (Å²) in [5.74, 6) is -2.06. The van der Waals surface area contributed by atoms with Crippen molar-refractivity contribution in [1.29, 1.82) is 0 Å². The lowest BCUT2D eigenvalue weighted by Crippen LogP contribution is -2.06. The van der Waals surface area contributed by atoms with E-state index in [0.29, 0.717) is 0 Å². The highest BCUT2D eigenvalue weighted by Gasteiger charge is 2.30. The van der Waals surface area contributed by atoms with Gasteiger partial charge in [0.05, 0.1) is 11.1 Å². The molecule has 22 heavy (non-hydrogen) atoms. The van der Waals surface area contributed by atoms with Crippen LogP contribution in [0.5, 0.6) is 0 Å². The van der Waals surface area contributed by atoms with Gasteiger partial charge in [0, 0.05) is 15.5 Å². The van der Waals surface area contributed by atoms with E-state index in [2.05, 4.69) is 0 Å². The molecular formula is C14H9F4NO2S. The van der Waals surface area contributed by atoms with Gasteiger partial charge < -0.3 is 10.8 Å². The number of anilines is 1. The molecule has 0 amide bonds. The largest absolute Gasteiger partial charge is 0.478 e. The molecule has 0 aliphatic carbocycles. The number of nitrogens with two attached hydrogens (primary N) is 1. The highest BCUT2D eigenvalue weighted by atomic mass is 32.2. The van der Waals surface area contributed by atoms with Crippen LogP contribution in [0.3, 0.4) is 0 Å². The van der Waals surface area contributed by atoms with Gasteiger partial charge in [0.2, 0.25) is 0 Å². The summed E-state index contributed by atoms with van der Waals surface area (Å²) in [6.07, 6.45) is -4.51. The Labute approximate surface area is 126 Å². The minimum atomic E-state index is -4.51. The Balaban J connectivity index is 2.38. The maximum Gasteiger partial charge on any atom is 0.416 e. The molecule has 0 aliphatic rings. The molecule has 0 radical (unpaired) electrons. The molecule has 3 nitrogen and oxygen atoms in total. The zero-order valence-corrected chi connectivity index (χ0v) is 11.6. The van der Waals surface area contributed by atoms with Crippen LogP contribution in [0.2, 0.25) is 0 Å². The maximum absolute atomic E-state index is 13.1. The SMILES string of the molecule is Nc1cc(C(F)(F)F)ccc1Sc1ccc(F)cc1C(=O)O. The Bertz CT molecular complexity index is 731. The maximum atomic E-state index is 13.1. The first-order chi connectivity index (χ1) is 10.2. The Morgan fingerprint density at radius 3 is 2.27 bits per heavy atom. The van der Waals surface area contributed by atoms with E-state index in [4.69, 9.17) is 10.8 Å². The van der Waals surface area contributed by atoms with Crippen LogP contribution in [0.15, 0.2) is 46.2 Å². The van der Waals surface area contributed by atoms with Gasteiger partial charge in [-0.3, -0.25) is 0 Å². The second-order valence-electron chi connectivity index (χ2n) is 4.30. The van der Waals surface area contributed by atoms with Crippen molar-refractivity contribution in [1.82, 2.24) is 0 Å². The van der Waals surface area contributed by atoms with E-state index < -0.39 is 23.5 Å². The fraction of sp³-hybridized carbons (Fsp3) is 0.0714. The minimum absolute atomic E-state index is 0.138. The topological polar surface area (TPSA) is 63.3 Å². The molecule has 0 heterocycles. The molecule has 8 heteroatoms. The molecule has 2 rings (SSSR count). The van der Waals surface area contributed by atoms with Gasteiger partial charge in [-0.15, -0.1) is 0 Å². The van der Waals surface area contributed by atoms with Crippen molar-refractivity contribution < 1.29 is 27.5 Å². The Kier molecular flexibility index (Phi) is 4.32. The summed E-state index contributed by atoms with van der Waals surface area (Å²) >= 11 is 0.857. The molecule has 0 bridgehead atoms. The standard InChI is InChI=1S/C14H9F4NO2S/c15-8-2-4-11(9(6-8)13(20)21)22-12-3-1-7(5-10(12)19)14(16,17)18/h1-6H,19H2,(H,20,21). The zero-order chi connectivity index (χ0) is 16.5. The number of benzene rings is 2. The number of carbonyl (C=O) groups is 1. The first-order valence-corrected chi connectivity index (χ1v) is 6.67. The first kappa shape index (κ1) is 16.2. The van der Waals surface area contributed by atoms with Gasteiger partial charge in [0.25, 0.3) is 0 Å². The van der Waals surface area contributed by atoms with Crippen molar-refractivity contribution in [3.8, 4) is 0 Å². The van der Waals surface area contributed by atoms with Crippen LogP contribution in [0.1, 0.15) is 15.9 Å². The highest BCUT2D eigenvalue weighted by Crippen LogP contribution is 2.38. The lowest BCUT2D eigenvalue weighted by Gasteiger charge is -2.11. The van der Waals surface area contributed by atoms with Crippen molar-refractivity contribution in [2.24, 2.45) is 0 Å². The van der Waals surface area contributed by atoms with Crippen LogP contribution in [0, 0.1) is 5.82 Å². The summed E-state index contributed by atoms with van der Waals surface area (Å²) in [6, 6.07) is 5.91. The van der Waals surface area contributed by atoms with Gasteiger partial charge >= 0.3 is 12.1 Å². The van der Waals surface area contributed by atoms with E-state index in [1.807, 2.05) is 0 Å². The number of carboxylic acid groups (broad SMARTS) is 1. The van der Waals surface area contributed by atoms with Crippen LogP contribution in [-0.2, 0) is 6.18 Å². The summed E-state index contributed by atoms with van der Waals surface area (Å²) in [4.78, 5) is 11.5. The summed E-state index contributed by atoms with van der Waals surface area (Å²) in [5, 5.41) is 9.03. The highest BCUT2D eigenvalue weighted by molar-refractivity contribution is 7.99. The second-order valence-corrected chi connectivity index (χ2v) is 5.38. The monoisotopic (exact) mass is 331 g/mol. The molecule has 0 saturated carbocycles. The Morgan fingerprint density at radius 2 is 1.73 bits per heavy atom. The van der Waals surface area contributed by atoms with Crippen molar-refractivity contribution in [3.05, 3.63) is 53.3 Å². The normalized spacial score (nSPS) is 11.5. The number of rotatable bonds is 3. The number of halogens is 4. The average molecular weight is 331 g/mol. The van der Waals surface area contributed by atoms with E-state index in [0.717, 1.165) is 42.1 Å². The number of hydrogen-bond donors (Lipinski definition) is 2. The van der Waals surface area contributed by atoms with E-state index in [1.54, 1.807) is 0 Å². The van der Waals surface area contributed by atoms with Crippen molar-refractivity contribution >= 4 is 23.4 Å². The number of carboxylic acids is 1. The third-order valence-corrected chi connectivity index (χ3v) is 3.90. The molecule has 116 valence electrons. The van der Waals surface area contributed by atoms with E-state index >= 15 is 0 Å². The molecule has 0 unspecified atom stereocenters. The van der Waals surface area contributed by atoms with Crippen LogP contribution >= 0.6 is 11.8 Å². The lowest BCUT2D eigenvalue weighted by atomic mass is 10.2. The van der Waals surface area contributed by atoms with Crippen LogP contribution in [0.25, 0.3) is 0 Å². The van der Waals surface area contributed by atoms with Gasteiger partial charge in [0.1, 0.15) is 5.82 Å². The number of hydrogen-bond acceptors (Lipinski definition) is 3. The van der Waals surface area contributed by atoms with Crippen LogP contribution in [0.4, 0.5) is 23.2 Å². The predicted octanol–water partition coefficient (Wildman–Crippen LogP) is 4.28. The zero-order valence-electron chi connectivity index (χ0n) is 10.8. The molecule has 0 aliphatic heterocycles. The molecule has 3 N–H and O–H groups in total. The number of aromatic carboxylic acids is 1. The fourth-order valence-electron chi connectivity index (χ4n) is 1.69. The van der Waals surface area contributed by atoms with Crippen LogP contribution < -0.4 is 5.73 Å². The second kappa shape index (κ2) is 5.88. The van der Waals surface area contributed by atoms with Crippen LogP contribution in [-0.4, -0.2) is 11.1 Å². The molecular weight excluding hydrogens is 322 g/mol. The van der Waals surface area contributed by atoms with Crippen molar-refractivity contribution in [2.45, 2.75) is 16.0 Å². The summed E-state index contributed by atoms with van der Waals surface area (Å²) in [7, 11) is 0. The minimum Gasteiger partial charge on any atom is -0.478 e. The van der Waals surface area contributed by atoms with Crippen molar-refractivity contribution in [2.75, 3.05) is 5.73 Å². The molecule has 0 aromatic heterocycles. The Hall–Kier alpha value is -2.22. The lowest BCUT2D eigenvalue weighted by molar-refractivity contribution is -0.137. The number of alkyl halides is 3. The van der Waals surface area contributed by atoms with Gasteiger partial charge in [-0.05, 0) is 36.4 Å². The number of nitrogen functional groups attached to an aromatic ring is 1. The predicted molar refractivity (Wildman–Crippen MR) is 73.3 cm³/mol. The smallest absolute Gasteiger partial charge is 0.416 e. The van der Waals surface area contributed by atoms with Gasteiger partial charge in [-0.1, -0.05) is 11.8 Å². The van der Waals surface area contributed by atoms with E-state index in [-0.39, 0.29) is 21.0 Å². The summed E-state index contributed by atoms with van der Waals surface area (Å²) in [5.41, 5.74) is 4.26. The molecule has 0 saturated heterocycles. The molecule has 0 fully saturated rings. The molecule has 2 aromatic carbocycles. The molecule has 2 aromatic rings. The van der Waals surface area contributed by atoms with Gasteiger partial charge in [-0.25, -0.2) is 9.18 Å². The third kappa shape index (κ3) is 3.51. The molecule has 0 spiro atoms. The summed E-state index contributed by atoms with van der Waals surface area (Å²) < 4.78 is 50.8. The summed E-state index contributed by atoms with van der Waals surface area (Å²) in [6.45, 7) is 0. The van der Waals surface area contributed by atoms with E-state index in [9.17, 15) is 22.4 Å². The third-order valence-electron chi connectivity index (χ3n) is 2.73. The molecule has 0 atom stereocenters. The average Bonchev–Trinajstić information content (AvgIpc) is 2.41. The first-order valence-electron chi connectivity index (χ1n) is 5.86. The van der Waals surface area contributed by atoms with Crippen molar-refractivity contribution in [3.63, 3.8) is 0 Å². The van der Waals surface area contributed by atoms with E-state index in [1.165, 1.54) is 6.07 Å².